The number of unbranched alkanes of at least 4 members (excludes halogenated alkanes) is 1. The zero-order chi connectivity index (χ0) is 14.8. The summed E-state index contributed by atoms with van der Waals surface area (Å²) in [5.74, 6) is 0. The van der Waals surface area contributed by atoms with E-state index in [4.69, 9.17) is 0 Å². The summed E-state index contributed by atoms with van der Waals surface area (Å²) in [4.78, 5) is 12.6. The highest BCUT2D eigenvalue weighted by Crippen LogP contribution is 2.04. The van der Waals surface area contributed by atoms with Gasteiger partial charge in [-0.15, -0.1) is 0 Å². The van der Waals surface area contributed by atoms with Crippen LogP contribution in [0.5, 0.6) is 0 Å². The zero-order valence-corrected chi connectivity index (χ0v) is 15.6. The summed E-state index contributed by atoms with van der Waals surface area (Å²) < 4.78 is 1.98. The van der Waals surface area contributed by atoms with Gasteiger partial charge in [0.05, 0.1) is 16.1 Å². The third-order valence-corrected chi connectivity index (χ3v) is 7.49. The summed E-state index contributed by atoms with van der Waals surface area (Å²) in [5.41, 5.74) is 0.259. The first-order valence-corrected chi connectivity index (χ1v) is 14.3. The third-order valence-electron chi connectivity index (χ3n) is 3.51. The second-order valence-corrected chi connectivity index (χ2v) is 17.6. The van der Waals surface area contributed by atoms with Crippen LogP contribution in [0.3, 0.4) is 0 Å². The smallest absolute Gasteiger partial charge is 0.249 e. The highest BCUT2D eigenvalue weighted by Gasteiger charge is 2.25. The molecular weight excluding hydrogens is 266 g/mol. The molecule has 0 atom stereocenters. The van der Waals surface area contributed by atoms with E-state index in [0.717, 1.165) is 24.6 Å². The maximum absolute atomic E-state index is 12.6. The molecular formula is C15H29NOSi2. The maximum Gasteiger partial charge on any atom is 0.249 e. The van der Waals surface area contributed by atoms with Crippen LogP contribution in [0, 0.1) is 0 Å². The summed E-state index contributed by atoms with van der Waals surface area (Å²) in [7, 11) is -2.94. The topological polar surface area (TPSA) is 22.0 Å². The number of nitrogens with zero attached hydrogens (tertiary/aromatic N) is 1. The van der Waals surface area contributed by atoms with E-state index in [0.29, 0.717) is 0 Å². The number of aryl methyl sites for hydroxylation is 1. The van der Waals surface area contributed by atoms with Crippen LogP contribution in [0.15, 0.2) is 17.1 Å². The van der Waals surface area contributed by atoms with Gasteiger partial charge in [0.25, 0.3) is 0 Å². The van der Waals surface area contributed by atoms with E-state index in [-0.39, 0.29) is 5.56 Å². The molecule has 108 valence electrons. The van der Waals surface area contributed by atoms with E-state index in [1.807, 2.05) is 4.57 Å². The Balaban J connectivity index is 3.44. The van der Waals surface area contributed by atoms with Crippen molar-refractivity contribution in [2.45, 2.75) is 65.6 Å². The molecule has 19 heavy (non-hydrogen) atoms. The molecule has 1 rings (SSSR count). The number of pyridine rings is 1. The lowest BCUT2D eigenvalue weighted by Crippen LogP contribution is -2.55. The summed E-state index contributed by atoms with van der Waals surface area (Å²) >= 11 is 0. The molecule has 0 radical (unpaired) electrons. The molecule has 0 saturated heterocycles. The second-order valence-electron chi connectivity index (χ2n) is 7.49. The van der Waals surface area contributed by atoms with Crippen molar-refractivity contribution >= 4 is 26.5 Å². The number of aromatic nitrogens is 1. The Kier molecular flexibility index (Phi) is 5.01. The van der Waals surface area contributed by atoms with Crippen molar-refractivity contribution in [3.63, 3.8) is 0 Å². The molecule has 0 aliphatic rings. The second kappa shape index (κ2) is 5.79. The molecule has 0 N–H and O–H groups in total. The Labute approximate surface area is 119 Å². The van der Waals surface area contributed by atoms with E-state index in [1.54, 1.807) is 0 Å². The average Bonchev–Trinajstić information content (AvgIpc) is 2.24. The van der Waals surface area contributed by atoms with Crippen LogP contribution in [0.4, 0.5) is 0 Å². The summed E-state index contributed by atoms with van der Waals surface area (Å²) in [6.07, 6.45) is 4.35. The van der Waals surface area contributed by atoms with Crippen LogP contribution < -0.4 is 15.9 Å². The van der Waals surface area contributed by atoms with Gasteiger partial charge in [0.15, 0.2) is 0 Å². The molecule has 0 amide bonds. The van der Waals surface area contributed by atoms with E-state index >= 15 is 0 Å². The Morgan fingerprint density at radius 1 is 1.05 bits per heavy atom. The third kappa shape index (κ3) is 4.18. The van der Waals surface area contributed by atoms with Crippen LogP contribution in [0.2, 0.25) is 39.3 Å². The minimum absolute atomic E-state index is 0.259. The SMILES string of the molecule is CCCCn1cc([Si](C)(C)C)cc([Si](C)(C)C)c1=O. The van der Waals surface area contributed by atoms with Gasteiger partial charge in [0.2, 0.25) is 5.56 Å². The fourth-order valence-corrected chi connectivity index (χ4v) is 4.72. The van der Waals surface area contributed by atoms with Gasteiger partial charge in [-0.05, 0) is 11.6 Å². The maximum atomic E-state index is 12.6. The summed E-state index contributed by atoms with van der Waals surface area (Å²) in [6, 6.07) is 2.23. The molecule has 0 unspecified atom stereocenters. The lowest BCUT2D eigenvalue weighted by molar-refractivity contribution is 0.616. The van der Waals surface area contributed by atoms with Crippen LogP contribution in [-0.4, -0.2) is 20.7 Å². The molecule has 0 bridgehead atoms. The number of hydrogen-bond acceptors (Lipinski definition) is 1. The van der Waals surface area contributed by atoms with Gasteiger partial charge < -0.3 is 4.57 Å². The van der Waals surface area contributed by atoms with Crippen molar-refractivity contribution in [1.82, 2.24) is 4.57 Å². The molecule has 1 aromatic heterocycles. The first-order valence-electron chi connectivity index (χ1n) is 7.33. The van der Waals surface area contributed by atoms with Gasteiger partial charge in [-0.2, -0.15) is 0 Å². The molecule has 0 aromatic carbocycles. The highest BCUT2D eigenvalue weighted by molar-refractivity contribution is 6.91. The van der Waals surface area contributed by atoms with E-state index < -0.39 is 16.1 Å². The van der Waals surface area contributed by atoms with Crippen LogP contribution in [-0.2, 0) is 6.54 Å². The fourth-order valence-electron chi connectivity index (χ4n) is 2.08. The van der Waals surface area contributed by atoms with Crippen molar-refractivity contribution < 1.29 is 0 Å². The monoisotopic (exact) mass is 295 g/mol. The first kappa shape index (κ1) is 16.4. The van der Waals surface area contributed by atoms with Gasteiger partial charge in [-0.3, -0.25) is 4.79 Å². The Bertz CT molecular complexity index is 492. The van der Waals surface area contributed by atoms with Gasteiger partial charge in [-0.1, -0.05) is 58.7 Å². The number of hydrogen-bond donors (Lipinski definition) is 0. The van der Waals surface area contributed by atoms with Gasteiger partial charge >= 0.3 is 0 Å². The summed E-state index contributed by atoms with van der Waals surface area (Å²) in [5, 5.41) is 2.52. The van der Waals surface area contributed by atoms with Crippen LogP contribution >= 0.6 is 0 Å². The predicted octanol–water partition coefficient (Wildman–Crippen LogP) is 2.74. The van der Waals surface area contributed by atoms with Crippen molar-refractivity contribution in [3.8, 4) is 0 Å². The predicted molar refractivity (Wildman–Crippen MR) is 91.6 cm³/mol. The lowest BCUT2D eigenvalue weighted by Gasteiger charge is -2.24. The minimum Gasteiger partial charge on any atom is -0.316 e. The Morgan fingerprint density at radius 3 is 2.05 bits per heavy atom. The van der Waals surface area contributed by atoms with Gasteiger partial charge in [-0.25, -0.2) is 0 Å². The van der Waals surface area contributed by atoms with Crippen molar-refractivity contribution in [2.24, 2.45) is 0 Å². The number of rotatable bonds is 5. The molecule has 4 heteroatoms. The first-order chi connectivity index (χ1) is 8.57. The lowest BCUT2D eigenvalue weighted by atomic mass is 10.3. The fraction of sp³-hybridized carbons (Fsp3) is 0.667. The molecule has 0 aliphatic carbocycles. The van der Waals surface area contributed by atoms with Crippen molar-refractivity contribution in [1.29, 1.82) is 0 Å². The van der Waals surface area contributed by atoms with Gasteiger partial charge in [0.1, 0.15) is 0 Å². The largest absolute Gasteiger partial charge is 0.316 e. The molecule has 0 spiro atoms. The van der Waals surface area contributed by atoms with Crippen molar-refractivity contribution in [3.05, 3.63) is 22.6 Å². The normalized spacial score (nSPS) is 12.8. The standard InChI is InChI=1S/C15H29NOSi2/c1-8-9-10-16-12-13(18(2,3)4)11-14(15(16)17)19(5,6)7/h11-12H,8-10H2,1-7H3. The van der Waals surface area contributed by atoms with Gasteiger partial charge in [0, 0.05) is 17.9 Å². The van der Waals surface area contributed by atoms with Crippen molar-refractivity contribution in [2.75, 3.05) is 0 Å². The van der Waals surface area contributed by atoms with E-state index in [2.05, 4.69) is 58.5 Å². The molecule has 1 heterocycles. The minimum atomic E-state index is -1.57. The van der Waals surface area contributed by atoms with Crippen LogP contribution in [0.25, 0.3) is 0 Å². The zero-order valence-electron chi connectivity index (χ0n) is 13.6. The van der Waals surface area contributed by atoms with Crippen LogP contribution in [0.1, 0.15) is 19.8 Å². The molecule has 2 nitrogen and oxygen atoms in total. The van der Waals surface area contributed by atoms with E-state index in [9.17, 15) is 4.79 Å². The highest BCUT2D eigenvalue weighted by atomic mass is 28.3. The molecule has 0 aliphatic heterocycles. The quantitative estimate of drug-likeness (QED) is 0.766. The Morgan fingerprint density at radius 2 is 1.63 bits per heavy atom. The molecule has 1 aromatic rings. The Hall–Kier alpha value is -0.616. The average molecular weight is 296 g/mol. The summed E-state index contributed by atoms with van der Waals surface area (Å²) in [6.45, 7) is 16.9. The van der Waals surface area contributed by atoms with E-state index in [1.165, 1.54) is 5.19 Å². The molecule has 0 saturated carbocycles. The molecule has 0 fully saturated rings.